The molecule has 5 nitrogen and oxygen atoms in total. The van der Waals surface area contributed by atoms with Crippen molar-refractivity contribution >= 4 is 11.6 Å². The summed E-state index contributed by atoms with van der Waals surface area (Å²) in [6.45, 7) is 5.62. The van der Waals surface area contributed by atoms with Crippen molar-refractivity contribution in [2.24, 2.45) is 5.92 Å². The molecule has 2 aliphatic heterocycles. The highest BCUT2D eigenvalue weighted by molar-refractivity contribution is 5.94. The van der Waals surface area contributed by atoms with Gasteiger partial charge in [-0.25, -0.2) is 0 Å². The van der Waals surface area contributed by atoms with E-state index >= 15 is 0 Å². The molecule has 2 atom stereocenters. The summed E-state index contributed by atoms with van der Waals surface area (Å²) in [5.74, 6) is 0.362. The van der Waals surface area contributed by atoms with E-state index in [1.165, 1.54) is 12.1 Å². The molecule has 1 amide bonds. The molecule has 4 rings (SSSR count). The maximum absolute atomic E-state index is 12.9. The second-order valence-electron chi connectivity index (χ2n) is 8.38. The van der Waals surface area contributed by atoms with Gasteiger partial charge in [0.2, 0.25) is 0 Å². The summed E-state index contributed by atoms with van der Waals surface area (Å²) >= 11 is 0. The summed E-state index contributed by atoms with van der Waals surface area (Å²) in [4.78, 5) is 19.6. The van der Waals surface area contributed by atoms with E-state index in [0.29, 0.717) is 13.1 Å². The molecule has 142 valence electrons. The zero-order valence-electron chi connectivity index (χ0n) is 15.9. The number of amides is 1. The lowest BCUT2D eigenvalue weighted by Gasteiger charge is -2.47. The first-order chi connectivity index (χ1) is 12.5. The molecule has 0 spiro atoms. The fourth-order valence-corrected chi connectivity index (χ4v) is 4.82. The Bertz CT molecular complexity index is 639. The largest absolute Gasteiger partial charge is 0.389 e. The molecule has 0 bridgehead atoms. The van der Waals surface area contributed by atoms with Crippen molar-refractivity contribution in [1.82, 2.24) is 9.80 Å². The van der Waals surface area contributed by atoms with Crippen molar-refractivity contribution in [2.75, 3.05) is 51.2 Å². The van der Waals surface area contributed by atoms with E-state index in [9.17, 15) is 9.90 Å². The molecule has 0 unspecified atom stereocenters. The van der Waals surface area contributed by atoms with Crippen LogP contribution in [-0.2, 0) is 0 Å². The average molecular weight is 357 g/mol. The number of hydrogen-bond acceptors (Lipinski definition) is 4. The van der Waals surface area contributed by atoms with Gasteiger partial charge in [0.1, 0.15) is 0 Å². The third-order valence-electron chi connectivity index (χ3n) is 6.70. The topological polar surface area (TPSA) is 47.0 Å². The Morgan fingerprint density at radius 1 is 1.04 bits per heavy atom. The lowest BCUT2D eigenvalue weighted by molar-refractivity contribution is -0.0886. The third-order valence-corrected chi connectivity index (χ3v) is 6.70. The number of aliphatic hydroxyl groups is 1. The zero-order chi connectivity index (χ0) is 18.1. The van der Waals surface area contributed by atoms with Gasteiger partial charge in [0.25, 0.3) is 5.91 Å². The van der Waals surface area contributed by atoms with Crippen LogP contribution in [0.2, 0.25) is 0 Å². The van der Waals surface area contributed by atoms with Gasteiger partial charge >= 0.3 is 0 Å². The minimum Gasteiger partial charge on any atom is -0.389 e. The second kappa shape index (κ2) is 7.20. The highest BCUT2D eigenvalue weighted by atomic mass is 16.3. The molecule has 26 heavy (non-hydrogen) atoms. The van der Waals surface area contributed by atoms with E-state index in [1.54, 1.807) is 0 Å². The van der Waals surface area contributed by atoms with Gasteiger partial charge in [-0.1, -0.05) is 12.8 Å². The number of likely N-dealkylation sites (tertiary alicyclic amines) is 1. The summed E-state index contributed by atoms with van der Waals surface area (Å²) in [5.41, 5.74) is 1.44. The Hall–Kier alpha value is -1.59. The van der Waals surface area contributed by atoms with Crippen LogP contribution in [0.1, 0.15) is 42.5 Å². The van der Waals surface area contributed by atoms with E-state index in [4.69, 9.17) is 0 Å². The van der Waals surface area contributed by atoms with E-state index in [-0.39, 0.29) is 11.8 Å². The van der Waals surface area contributed by atoms with Gasteiger partial charge < -0.3 is 19.8 Å². The maximum atomic E-state index is 12.9. The van der Waals surface area contributed by atoms with Crippen LogP contribution in [0.25, 0.3) is 0 Å². The summed E-state index contributed by atoms with van der Waals surface area (Å²) in [6.07, 6.45) is 4.97. The zero-order valence-corrected chi connectivity index (χ0v) is 15.9. The fourth-order valence-electron chi connectivity index (χ4n) is 4.82. The van der Waals surface area contributed by atoms with Crippen LogP contribution >= 0.6 is 0 Å². The summed E-state index contributed by atoms with van der Waals surface area (Å²) < 4.78 is 0. The van der Waals surface area contributed by atoms with Crippen molar-refractivity contribution in [2.45, 2.75) is 37.7 Å². The molecule has 1 N–H and O–H groups in total. The summed E-state index contributed by atoms with van der Waals surface area (Å²) in [7, 11) is 2.16. The van der Waals surface area contributed by atoms with Gasteiger partial charge in [-0.2, -0.15) is 0 Å². The van der Waals surface area contributed by atoms with Crippen LogP contribution in [0, 0.1) is 5.92 Å². The van der Waals surface area contributed by atoms with Gasteiger partial charge in [-0.15, -0.1) is 0 Å². The average Bonchev–Trinajstić information content (AvgIpc) is 2.67. The molecule has 1 saturated carbocycles. The van der Waals surface area contributed by atoms with Crippen molar-refractivity contribution < 1.29 is 9.90 Å². The number of piperazine rings is 1. The Morgan fingerprint density at radius 3 is 2.50 bits per heavy atom. The van der Waals surface area contributed by atoms with Crippen molar-refractivity contribution in [3.8, 4) is 0 Å². The molecule has 1 aromatic rings. The maximum Gasteiger partial charge on any atom is 0.253 e. The van der Waals surface area contributed by atoms with E-state index < -0.39 is 5.60 Å². The van der Waals surface area contributed by atoms with Crippen molar-refractivity contribution in [3.63, 3.8) is 0 Å². The molecular weight excluding hydrogens is 326 g/mol. The molecule has 5 heteroatoms. The molecule has 1 aliphatic carbocycles. The Kier molecular flexibility index (Phi) is 4.93. The highest BCUT2D eigenvalue weighted by Gasteiger charge is 2.43. The Labute approximate surface area is 156 Å². The molecule has 1 aromatic carbocycles. The van der Waals surface area contributed by atoms with Crippen LogP contribution < -0.4 is 4.90 Å². The van der Waals surface area contributed by atoms with Gasteiger partial charge in [-0.05, 0) is 50.6 Å². The molecule has 3 aliphatic rings. The lowest BCUT2D eigenvalue weighted by atomic mass is 9.71. The van der Waals surface area contributed by atoms with Crippen LogP contribution in [0.5, 0.6) is 0 Å². The lowest BCUT2D eigenvalue weighted by Crippen LogP contribution is -2.54. The van der Waals surface area contributed by atoms with Gasteiger partial charge in [0.05, 0.1) is 5.60 Å². The minimum absolute atomic E-state index is 0.113. The number of hydrogen-bond donors (Lipinski definition) is 1. The van der Waals surface area contributed by atoms with E-state index in [2.05, 4.69) is 29.0 Å². The van der Waals surface area contributed by atoms with Crippen LogP contribution in [0.15, 0.2) is 24.3 Å². The van der Waals surface area contributed by atoms with Crippen molar-refractivity contribution in [3.05, 3.63) is 29.8 Å². The quantitative estimate of drug-likeness (QED) is 0.882. The van der Waals surface area contributed by atoms with E-state index in [0.717, 1.165) is 57.4 Å². The van der Waals surface area contributed by atoms with Crippen molar-refractivity contribution in [1.29, 1.82) is 0 Å². The number of anilines is 1. The Balaban J connectivity index is 1.40. The number of carbonyl (C=O) groups is 1. The molecule has 0 aromatic heterocycles. The summed E-state index contributed by atoms with van der Waals surface area (Å²) in [6, 6.07) is 8.11. The van der Waals surface area contributed by atoms with Gasteiger partial charge in [0.15, 0.2) is 0 Å². The van der Waals surface area contributed by atoms with Gasteiger partial charge in [0, 0.05) is 56.4 Å². The SMILES string of the molecule is CN1CCN(c2ccc(C(=O)N3CC[C@@]4(O)CCCC[C@H]4C3)cc2)CC1. The molecule has 2 saturated heterocycles. The highest BCUT2D eigenvalue weighted by Crippen LogP contribution is 2.40. The Morgan fingerprint density at radius 2 is 1.77 bits per heavy atom. The van der Waals surface area contributed by atoms with Gasteiger partial charge in [-0.3, -0.25) is 4.79 Å². The molecule has 0 radical (unpaired) electrons. The number of rotatable bonds is 2. The van der Waals surface area contributed by atoms with E-state index in [1.807, 2.05) is 17.0 Å². The number of piperidine rings is 1. The fraction of sp³-hybridized carbons (Fsp3) is 0.667. The normalized spacial score (nSPS) is 30.2. The summed E-state index contributed by atoms with van der Waals surface area (Å²) in [5, 5.41) is 10.8. The standard InChI is InChI=1S/C21H31N3O2/c1-22-12-14-23(15-13-22)19-7-5-17(6-8-19)20(25)24-11-10-21(26)9-3-2-4-18(21)16-24/h5-8,18,26H,2-4,9-16H2,1H3/t18-,21-/m0/s1. The first-order valence-electron chi connectivity index (χ1n) is 10.1. The van der Waals surface area contributed by atoms with Crippen LogP contribution in [0.4, 0.5) is 5.69 Å². The number of nitrogens with zero attached hydrogens (tertiary/aromatic N) is 3. The first-order valence-corrected chi connectivity index (χ1v) is 10.1. The number of carbonyl (C=O) groups excluding carboxylic acids is 1. The predicted octanol–water partition coefficient (Wildman–Crippen LogP) is 2.21. The molecule has 3 fully saturated rings. The molecule has 2 heterocycles. The smallest absolute Gasteiger partial charge is 0.253 e. The first kappa shape index (κ1) is 17.8. The second-order valence-corrected chi connectivity index (χ2v) is 8.38. The number of benzene rings is 1. The van der Waals surface area contributed by atoms with Crippen LogP contribution in [0.3, 0.4) is 0 Å². The molecular formula is C21H31N3O2. The third kappa shape index (κ3) is 3.47. The number of likely N-dealkylation sites (N-methyl/N-ethyl adjacent to an activating group) is 1. The minimum atomic E-state index is -0.527. The number of fused-ring (bicyclic) bond motifs is 1. The predicted molar refractivity (Wildman–Crippen MR) is 104 cm³/mol. The monoisotopic (exact) mass is 357 g/mol. The van der Waals surface area contributed by atoms with Crippen LogP contribution in [-0.4, -0.2) is 72.7 Å².